The summed E-state index contributed by atoms with van der Waals surface area (Å²) in [6.07, 6.45) is 0.733. The summed E-state index contributed by atoms with van der Waals surface area (Å²) in [4.78, 5) is 30.3. The molecule has 0 radical (unpaired) electrons. The van der Waals surface area contributed by atoms with Gasteiger partial charge in [0.2, 0.25) is 0 Å². The summed E-state index contributed by atoms with van der Waals surface area (Å²) in [6, 6.07) is 14.1. The van der Waals surface area contributed by atoms with Gasteiger partial charge in [0.05, 0.1) is 31.4 Å². The molecule has 7 heteroatoms. The van der Waals surface area contributed by atoms with E-state index in [1.54, 1.807) is 29.2 Å². The highest BCUT2D eigenvalue weighted by atomic mass is 16.5. The van der Waals surface area contributed by atoms with Crippen molar-refractivity contribution in [1.29, 1.82) is 0 Å². The average Bonchev–Trinajstić information content (AvgIpc) is 3.13. The molecule has 2 aliphatic rings. The smallest absolute Gasteiger partial charge is 0.295 e. The number of rotatable bonds is 9. The maximum Gasteiger partial charge on any atom is 0.295 e. The largest absolute Gasteiger partial charge is 0.507 e. The molecule has 0 aliphatic carbocycles. The molecule has 192 valence electrons. The summed E-state index contributed by atoms with van der Waals surface area (Å²) < 4.78 is 11.2. The summed E-state index contributed by atoms with van der Waals surface area (Å²) in [7, 11) is 0. The molecule has 0 unspecified atom stereocenters. The van der Waals surface area contributed by atoms with Gasteiger partial charge in [-0.05, 0) is 49.1 Å². The van der Waals surface area contributed by atoms with Crippen LogP contribution in [0.2, 0.25) is 0 Å². The maximum absolute atomic E-state index is 13.2. The lowest BCUT2D eigenvalue weighted by Gasteiger charge is -2.29. The first-order valence-corrected chi connectivity index (χ1v) is 12.7. The number of aliphatic hydroxyl groups is 1. The molecule has 2 saturated heterocycles. The molecule has 1 amide bonds. The van der Waals surface area contributed by atoms with Gasteiger partial charge in [-0.25, -0.2) is 0 Å². The fourth-order valence-corrected chi connectivity index (χ4v) is 4.62. The van der Waals surface area contributed by atoms with Crippen molar-refractivity contribution in [3.63, 3.8) is 0 Å². The van der Waals surface area contributed by atoms with Crippen LogP contribution in [0.5, 0.6) is 5.75 Å². The van der Waals surface area contributed by atoms with Gasteiger partial charge in [0.25, 0.3) is 11.7 Å². The number of likely N-dealkylation sites (tertiary alicyclic amines) is 1. The van der Waals surface area contributed by atoms with Crippen LogP contribution in [0.4, 0.5) is 0 Å². The van der Waals surface area contributed by atoms with Gasteiger partial charge in [-0.2, -0.15) is 0 Å². The summed E-state index contributed by atoms with van der Waals surface area (Å²) >= 11 is 0. The molecule has 2 fully saturated rings. The number of aliphatic hydroxyl groups excluding tert-OH is 1. The van der Waals surface area contributed by atoms with E-state index in [4.69, 9.17) is 9.47 Å². The number of benzene rings is 2. The van der Waals surface area contributed by atoms with Crippen molar-refractivity contribution in [2.24, 2.45) is 5.92 Å². The topological polar surface area (TPSA) is 79.3 Å². The third-order valence-electron chi connectivity index (χ3n) is 6.62. The lowest BCUT2D eigenvalue weighted by molar-refractivity contribution is -0.140. The lowest BCUT2D eigenvalue weighted by atomic mass is 9.94. The van der Waals surface area contributed by atoms with Crippen molar-refractivity contribution in [3.05, 3.63) is 70.8 Å². The first-order chi connectivity index (χ1) is 17.3. The molecule has 0 bridgehead atoms. The second kappa shape index (κ2) is 11.7. The molecule has 7 nitrogen and oxygen atoms in total. The highest BCUT2D eigenvalue weighted by Gasteiger charge is 2.45. The minimum absolute atomic E-state index is 0.131. The number of morpholine rings is 1. The first kappa shape index (κ1) is 25.9. The van der Waals surface area contributed by atoms with Gasteiger partial charge in [-0.15, -0.1) is 0 Å². The van der Waals surface area contributed by atoms with E-state index < -0.39 is 17.7 Å². The van der Waals surface area contributed by atoms with Gasteiger partial charge >= 0.3 is 0 Å². The van der Waals surface area contributed by atoms with E-state index in [9.17, 15) is 14.7 Å². The Kier molecular flexibility index (Phi) is 8.44. The van der Waals surface area contributed by atoms with E-state index in [1.807, 2.05) is 31.2 Å². The quantitative estimate of drug-likeness (QED) is 0.322. The molecule has 2 aromatic rings. The molecule has 0 spiro atoms. The van der Waals surface area contributed by atoms with Crippen LogP contribution in [0, 0.1) is 12.8 Å². The Morgan fingerprint density at radius 3 is 2.33 bits per heavy atom. The number of carbonyl (C=O) groups excluding carboxylic acids is 2. The number of hydrogen-bond donors (Lipinski definition) is 1. The third kappa shape index (κ3) is 5.97. The predicted molar refractivity (Wildman–Crippen MR) is 139 cm³/mol. The van der Waals surface area contributed by atoms with E-state index >= 15 is 0 Å². The molecule has 0 aromatic heterocycles. The summed E-state index contributed by atoms with van der Waals surface area (Å²) in [6.45, 7) is 11.2. The molecule has 0 saturated carbocycles. The third-order valence-corrected chi connectivity index (χ3v) is 6.62. The van der Waals surface area contributed by atoms with Crippen molar-refractivity contribution >= 4 is 17.4 Å². The second-order valence-corrected chi connectivity index (χ2v) is 9.94. The fraction of sp³-hybridized carbons (Fsp3) is 0.448. The molecule has 2 heterocycles. The Labute approximate surface area is 213 Å². The van der Waals surface area contributed by atoms with E-state index in [0.29, 0.717) is 30.4 Å². The zero-order valence-corrected chi connectivity index (χ0v) is 21.4. The number of ketones is 1. The zero-order valence-electron chi connectivity index (χ0n) is 21.4. The summed E-state index contributed by atoms with van der Waals surface area (Å²) in [5.41, 5.74) is 2.51. The van der Waals surface area contributed by atoms with Gasteiger partial charge in [0.1, 0.15) is 11.5 Å². The van der Waals surface area contributed by atoms with Crippen LogP contribution in [-0.4, -0.2) is 72.6 Å². The maximum atomic E-state index is 13.2. The van der Waals surface area contributed by atoms with Crippen LogP contribution in [0.1, 0.15) is 43.0 Å². The van der Waals surface area contributed by atoms with Crippen molar-refractivity contribution in [2.75, 3.05) is 46.0 Å². The summed E-state index contributed by atoms with van der Waals surface area (Å²) in [5, 5.41) is 11.3. The molecule has 4 rings (SSSR count). The van der Waals surface area contributed by atoms with Crippen LogP contribution in [-0.2, 0) is 14.3 Å². The Bertz CT molecular complexity index is 1090. The number of hydrogen-bond acceptors (Lipinski definition) is 6. The van der Waals surface area contributed by atoms with Gasteiger partial charge in [0, 0.05) is 31.7 Å². The highest BCUT2D eigenvalue weighted by molar-refractivity contribution is 6.46. The van der Waals surface area contributed by atoms with Gasteiger partial charge < -0.3 is 19.5 Å². The molecule has 2 aromatic carbocycles. The Hall–Kier alpha value is -3.16. The highest BCUT2D eigenvalue weighted by Crippen LogP contribution is 2.39. The van der Waals surface area contributed by atoms with Gasteiger partial charge in [0.15, 0.2) is 0 Å². The number of amides is 1. The average molecular weight is 493 g/mol. The second-order valence-electron chi connectivity index (χ2n) is 9.94. The molecule has 1 N–H and O–H groups in total. The Balaban J connectivity index is 1.61. The van der Waals surface area contributed by atoms with Gasteiger partial charge in [-0.3, -0.25) is 14.5 Å². The monoisotopic (exact) mass is 492 g/mol. The molecule has 2 aliphatic heterocycles. The van der Waals surface area contributed by atoms with E-state index in [-0.39, 0.29) is 11.3 Å². The van der Waals surface area contributed by atoms with Crippen molar-refractivity contribution in [3.8, 4) is 5.75 Å². The fourth-order valence-electron chi connectivity index (χ4n) is 4.62. The minimum Gasteiger partial charge on any atom is -0.507 e. The predicted octanol–water partition coefficient (Wildman–Crippen LogP) is 4.17. The van der Waals surface area contributed by atoms with Crippen molar-refractivity contribution < 1.29 is 24.2 Å². The van der Waals surface area contributed by atoms with Crippen LogP contribution in [0.3, 0.4) is 0 Å². The van der Waals surface area contributed by atoms with Crippen LogP contribution in [0.15, 0.2) is 54.1 Å². The summed E-state index contributed by atoms with van der Waals surface area (Å²) in [5.74, 6) is -0.290. The number of ether oxygens (including phenoxy) is 2. The number of aryl methyl sites for hydroxylation is 1. The van der Waals surface area contributed by atoms with E-state index in [1.165, 1.54) is 0 Å². The molecular weight excluding hydrogens is 456 g/mol. The van der Waals surface area contributed by atoms with E-state index in [0.717, 1.165) is 50.4 Å². The first-order valence-electron chi connectivity index (χ1n) is 12.7. The normalized spacial score (nSPS) is 20.3. The lowest BCUT2D eigenvalue weighted by Crippen LogP contribution is -2.38. The number of carbonyl (C=O) groups is 2. The van der Waals surface area contributed by atoms with Gasteiger partial charge in [-0.1, -0.05) is 43.7 Å². The van der Waals surface area contributed by atoms with Crippen LogP contribution < -0.4 is 4.74 Å². The van der Waals surface area contributed by atoms with Crippen molar-refractivity contribution in [1.82, 2.24) is 9.80 Å². The molecule has 1 atom stereocenters. The standard InChI is InChI=1S/C29H36N2O5/c1-20(2)19-36-24-11-9-23(10-12-24)27(32)25-26(22-7-5-21(3)6-8-22)31(29(34)28(25)33)14-4-13-30-15-17-35-18-16-30/h5-12,20,26,32H,4,13-19H2,1-3H3/b27-25+/t26-/m1/s1. The Morgan fingerprint density at radius 1 is 1.03 bits per heavy atom. The minimum atomic E-state index is -0.649. The SMILES string of the molecule is Cc1ccc([C@@H]2/C(=C(\O)c3ccc(OCC(C)C)cc3)C(=O)C(=O)N2CCCN2CCOCC2)cc1. The molecule has 36 heavy (non-hydrogen) atoms. The Morgan fingerprint density at radius 2 is 1.69 bits per heavy atom. The molecular formula is C29H36N2O5. The number of nitrogens with zero attached hydrogens (tertiary/aromatic N) is 2. The van der Waals surface area contributed by atoms with Crippen LogP contribution >= 0.6 is 0 Å². The zero-order chi connectivity index (χ0) is 25.7. The van der Waals surface area contributed by atoms with Crippen molar-refractivity contribution in [2.45, 2.75) is 33.2 Å². The van der Waals surface area contributed by atoms with E-state index in [2.05, 4.69) is 18.7 Å². The number of Topliss-reactive ketones (excluding diaryl/α,β-unsaturated/α-hetero) is 1. The van der Waals surface area contributed by atoms with Crippen LogP contribution in [0.25, 0.3) is 5.76 Å².